The monoisotopic (exact) mass is 411 g/mol. The molecule has 0 aliphatic rings. The van der Waals surface area contributed by atoms with Crippen LogP contribution in [0.3, 0.4) is 0 Å². The fourth-order valence-electron chi connectivity index (χ4n) is 2.12. The fraction of sp³-hybridized carbons (Fsp3) is 0.474. The third-order valence-electron chi connectivity index (χ3n) is 3.36. The van der Waals surface area contributed by atoms with Crippen LogP contribution in [0.25, 0.3) is 0 Å². The second-order valence-corrected chi connectivity index (χ2v) is 8.87. The summed E-state index contributed by atoms with van der Waals surface area (Å²) in [6.07, 6.45) is 1.90. The van der Waals surface area contributed by atoms with E-state index in [4.69, 9.17) is 4.74 Å². The summed E-state index contributed by atoms with van der Waals surface area (Å²) < 4.78 is 32.3. The number of anilines is 1. The van der Waals surface area contributed by atoms with Crippen LogP contribution in [-0.4, -0.2) is 39.1 Å². The largest absolute Gasteiger partial charge is 0.444 e. The van der Waals surface area contributed by atoms with Crippen LogP contribution in [-0.2, 0) is 19.6 Å². The van der Waals surface area contributed by atoms with Crippen LogP contribution < -0.4 is 15.4 Å². The van der Waals surface area contributed by atoms with E-state index in [0.717, 1.165) is 6.42 Å². The smallest absolute Gasteiger partial charge is 0.407 e. The molecule has 0 fully saturated rings. The first-order chi connectivity index (χ1) is 12.9. The van der Waals surface area contributed by atoms with E-state index in [9.17, 15) is 18.0 Å². The van der Waals surface area contributed by atoms with E-state index in [-0.39, 0.29) is 23.9 Å². The number of alkyl carbamates (subject to hydrolysis) is 1. The topological polar surface area (TPSA) is 114 Å². The molecule has 1 aromatic rings. The maximum absolute atomic E-state index is 12.4. The van der Waals surface area contributed by atoms with Crippen molar-refractivity contribution < 1.29 is 22.7 Å². The second-order valence-electron chi connectivity index (χ2n) is 7.10. The number of hydrogen-bond acceptors (Lipinski definition) is 5. The minimum atomic E-state index is -3.79. The van der Waals surface area contributed by atoms with Gasteiger partial charge in [-0.25, -0.2) is 17.9 Å². The quantitative estimate of drug-likeness (QED) is 0.450. The van der Waals surface area contributed by atoms with Crippen molar-refractivity contribution in [1.29, 1.82) is 0 Å². The first-order valence-corrected chi connectivity index (χ1v) is 10.5. The Balaban J connectivity index is 2.65. The van der Waals surface area contributed by atoms with Gasteiger partial charge in [0.15, 0.2) is 0 Å². The van der Waals surface area contributed by atoms with Gasteiger partial charge in [-0.05, 0) is 52.3 Å². The van der Waals surface area contributed by atoms with E-state index in [2.05, 4.69) is 15.4 Å². The number of ether oxygens (including phenoxy) is 1. The van der Waals surface area contributed by atoms with E-state index < -0.39 is 21.7 Å². The highest BCUT2D eigenvalue weighted by molar-refractivity contribution is 7.89. The highest BCUT2D eigenvalue weighted by Gasteiger charge is 2.17. The Hall–Kier alpha value is -2.39. The highest BCUT2D eigenvalue weighted by Crippen LogP contribution is 2.16. The van der Waals surface area contributed by atoms with Gasteiger partial charge in [0, 0.05) is 24.4 Å². The summed E-state index contributed by atoms with van der Waals surface area (Å²) in [7, 11) is -3.79. The Labute approximate surface area is 166 Å². The third kappa shape index (κ3) is 8.53. The van der Waals surface area contributed by atoms with Crippen LogP contribution in [0.5, 0.6) is 0 Å². The number of sulfonamides is 1. The van der Waals surface area contributed by atoms with Crippen molar-refractivity contribution in [3.63, 3.8) is 0 Å². The number of amides is 2. The van der Waals surface area contributed by atoms with E-state index in [1.54, 1.807) is 45.9 Å². The molecular formula is C19H29N3O5S. The molecule has 0 atom stereocenters. The molecule has 1 rings (SSSR count). The summed E-state index contributed by atoms with van der Waals surface area (Å²) in [4.78, 5) is 23.6. The van der Waals surface area contributed by atoms with Gasteiger partial charge in [0.05, 0.1) is 4.90 Å². The number of carbonyl (C=O) groups is 2. The molecule has 2 amide bonds. The van der Waals surface area contributed by atoms with Crippen molar-refractivity contribution in [3.05, 3.63) is 35.9 Å². The first kappa shape index (κ1) is 23.6. The lowest BCUT2D eigenvalue weighted by atomic mass is 10.2. The van der Waals surface area contributed by atoms with Crippen LogP contribution in [0.4, 0.5) is 10.5 Å². The summed E-state index contributed by atoms with van der Waals surface area (Å²) in [6.45, 7) is 8.90. The van der Waals surface area contributed by atoms with Crippen molar-refractivity contribution in [1.82, 2.24) is 10.0 Å². The molecule has 0 aromatic heterocycles. The normalized spacial score (nSPS) is 12.4. The summed E-state index contributed by atoms with van der Waals surface area (Å²) >= 11 is 0. The Morgan fingerprint density at radius 2 is 1.86 bits per heavy atom. The summed E-state index contributed by atoms with van der Waals surface area (Å²) in [6, 6.07) is 5.96. The molecule has 0 aliphatic carbocycles. The van der Waals surface area contributed by atoms with Crippen molar-refractivity contribution >= 4 is 27.7 Å². The van der Waals surface area contributed by atoms with Crippen molar-refractivity contribution in [3.8, 4) is 0 Å². The molecule has 0 saturated carbocycles. The third-order valence-corrected chi connectivity index (χ3v) is 4.81. The zero-order valence-corrected chi connectivity index (χ0v) is 17.8. The minimum absolute atomic E-state index is 0.00346. The number of carbonyl (C=O) groups excluding carboxylic acids is 2. The number of allylic oxidation sites excluding steroid dienone is 1. The van der Waals surface area contributed by atoms with Gasteiger partial charge in [-0.1, -0.05) is 19.1 Å². The van der Waals surface area contributed by atoms with E-state index in [1.165, 1.54) is 12.1 Å². The van der Waals surface area contributed by atoms with Crippen LogP contribution in [0.15, 0.2) is 40.8 Å². The second kappa shape index (κ2) is 10.2. The van der Waals surface area contributed by atoms with Crippen LogP contribution >= 0.6 is 0 Å². The molecule has 0 heterocycles. The van der Waals surface area contributed by atoms with E-state index in [1.807, 2.05) is 6.92 Å². The fourth-order valence-corrected chi connectivity index (χ4v) is 3.19. The predicted molar refractivity (Wildman–Crippen MR) is 109 cm³/mol. The highest BCUT2D eigenvalue weighted by atomic mass is 32.2. The van der Waals surface area contributed by atoms with Crippen molar-refractivity contribution in [2.45, 2.75) is 51.5 Å². The maximum Gasteiger partial charge on any atom is 0.407 e. The van der Waals surface area contributed by atoms with Crippen molar-refractivity contribution in [2.24, 2.45) is 0 Å². The summed E-state index contributed by atoms with van der Waals surface area (Å²) in [5.74, 6) is -0.286. The molecule has 8 nitrogen and oxygen atoms in total. The maximum atomic E-state index is 12.4. The van der Waals surface area contributed by atoms with E-state index in [0.29, 0.717) is 11.3 Å². The predicted octanol–water partition coefficient (Wildman–Crippen LogP) is 2.78. The number of nitrogens with one attached hydrogen (secondary N) is 3. The molecule has 0 bridgehead atoms. The molecule has 3 N–H and O–H groups in total. The molecule has 0 unspecified atom stereocenters. The van der Waals surface area contributed by atoms with Crippen molar-refractivity contribution in [2.75, 3.05) is 18.4 Å². The average molecular weight is 412 g/mol. The Morgan fingerprint density at radius 1 is 1.18 bits per heavy atom. The lowest BCUT2D eigenvalue weighted by molar-refractivity contribution is -0.112. The van der Waals surface area contributed by atoms with Gasteiger partial charge >= 0.3 is 6.09 Å². The van der Waals surface area contributed by atoms with Crippen LogP contribution in [0, 0.1) is 0 Å². The molecule has 0 radical (unpaired) electrons. The summed E-state index contributed by atoms with van der Waals surface area (Å²) in [5.41, 5.74) is 0.310. The molecule has 9 heteroatoms. The van der Waals surface area contributed by atoms with Gasteiger partial charge in [0.2, 0.25) is 10.0 Å². The standard InChI is InChI=1S/C19H29N3O5S/c1-6-8-14(2)17(23)22-15-9-7-10-16(13-15)28(25,26)21-12-11-20-18(24)27-19(3,4)5/h7-10,13,21H,6,11-12H2,1-5H3,(H,20,24)(H,22,23)/b14-8-. The number of hydrogen-bond donors (Lipinski definition) is 3. The lowest BCUT2D eigenvalue weighted by Crippen LogP contribution is -2.37. The molecular weight excluding hydrogens is 382 g/mol. The Morgan fingerprint density at radius 3 is 2.46 bits per heavy atom. The SMILES string of the molecule is CC/C=C(/C)C(=O)Nc1cccc(S(=O)(=O)NCCNC(=O)OC(C)(C)C)c1. The summed E-state index contributed by atoms with van der Waals surface area (Å²) in [5, 5.41) is 5.14. The van der Waals surface area contributed by atoms with Gasteiger partial charge in [-0.15, -0.1) is 0 Å². The molecule has 0 aliphatic heterocycles. The van der Waals surface area contributed by atoms with Gasteiger partial charge < -0.3 is 15.4 Å². The van der Waals surface area contributed by atoms with Crippen LogP contribution in [0.2, 0.25) is 0 Å². The lowest BCUT2D eigenvalue weighted by Gasteiger charge is -2.19. The molecule has 0 saturated heterocycles. The number of rotatable bonds is 8. The Kier molecular flexibility index (Phi) is 8.64. The average Bonchev–Trinajstić information content (AvgIpc) is 2.57. The zero-order chi connectivity index (χ0) is 21.4. The van der Waals surface area contributed by atoms with Gasteiger partial charge in [0.25, 0.3) is 5.91 Å². The molecule has 28 heavy (non-hydrogen) atoms. The number of benzene rings is 1. The van der Waals surface area contributed by atoms with Gasteiger partial charge in [-0.2, -0.15) is 0 Å². The zero-order valence-electron chi connectivity index (χ0n) is 17.0. The molecule has 156 valence electrons. The van der Waals surface area contributed by atoms with Crippen LogP contribution in [0.1, 0.15) is 41.0 Å². The van der Waals surface area contributed by atoms with E-state index >= 15 is 0 Å². The van der Waals surface area contributed by atoms with Gasteiger partial charge in [-0.3, -0.25) is 4.79 Å². The Bertz CT molecular complexity index is 826. The minimum Gasteiger partial charge on any atom is -0.444 e. The molecule has 0 spiro atoms. The molecule has 1 aromatic carbocycles. The first-order valence-electron chi connectivity index (χ1n) is 8.99. The van der Waals surface area contributed by atoms with Gasteiger partial charge in [0.1, 0.15) is 5.60 Å².